The van der Waals surface area contributed by atoms with Crippen LogP contribution in [0.4, 0.5) is 14.6 Å². The summed E-state index contributed by atoms with van der Waals surface area (Å²) in [7, 11) is 1.68. The van der Waals surface area contributed by atoms with Crippen molar-refractivity contribution in [2.45, 2.75) is 31.5 Å². The Morgan fingerprint density at radius 2 is 2.15 bits per heavy atom. The molecule has 2 atom stereocenters. The highest BCUT2D eigenvalue weighted by atomic mass is 19.3. The number of halogens is 2. The second kappa shape index (κ2) is 5.70. The molecule has 0 saturated carbocycles. The minimum absolute atomic E-state index is 0.109. The van der Waals surface area contributed by atoms with Gasteiger partial charge in [-0.1, -0.05) is 0 Å². The van der Waals surface area contributed by atoms with Gasteiger partial charge >= 0.3 is 0 Å². The third-order valence-electron chi connectivity index (χ3n) is 5.34. The summed E-state index contributed by atoms with van der Waals surface area (Å²) in [6, 6.07) is 0.623. The summed E-state index contributed by atoms with van der Waals surface area (Å²) in [5, 5.41) is 12.0. The number of aryl methyl sites for hydroxylation is 1. The monoisotopic (exact) mass is 360 g/mol. The largest absolute Gasteiger partial charge is 0.348 e. The van der Waals surface area contributed by atoms with Crippen LogP contribution in [-0.4, -0.2) is 59.4 Å². The number of likely N-dealkylation sites (tertiary alicyclic amines) is 1. The number of aromatic nitrogens is 6. The molecule has 136 valence electrons. The molecule has 10 heteroatoms. The van der Waals surface area contributed by atoms with Gasteiger partial charge in [0.2, 0.25) is 5.65 Å². The Morgan fingerprint density at radius 1 is 1.27 bits per heavy atom. The molecule has 5 rings (SSSR count). The summed E-state index contributed by atoms with van der Waals surface area (Å²) in [6.45, 7) is 2.14. The summed E-state index contributed by atoms with van der Waals surface area (Å²) in [4.78, 5) is 9.04. The van der Waals surface area contributed by atoms with E-state index in [4.69, 9.17) is 0 Å². The summed E-state index contributed by atoms with van der Waals surface area (Å²) in [5.74, 6) is 0.840. The Hall–Kier alpha value is -2.62. The smallest absolute Gasteiger partial charge is 0.282 e. The van der Waals surface area contributed by atoms with Crippen molar-refractivity contribution < 1.29 is 8.78 Å². The average molecular weight is 360 g/mol. The normalized spacial score (nSPS) is 23.0. The van der Waals surface area contributed by atoms with E-state index in [2.05, 4.69) is 30.1 Å². The second-order valence-electron chi connectivity index (χ2n) is 6.95. The Bertz CT molecular complexity index is 951. The summed E-state index contributed by atoms with van der Waals surface area (Å²) >= 11 is 0. The molecule has 0 radical (unpaired) electrons. The van der Waals surface area contributed by atoms with E-state index in [1.165, 1.54) is 4.68 Å². The van der Waals surface area contributed by atoms with Crippen LogP contribution in [0.1, 0.15) is 24.1 Å². The van der Waals surface area contributed by atoms with Crippen LogP contribution < -0.4 is 4.90 Å². The first kappa shape index (κ1) is 15.6. The van der Waals surface area contributed by atoms with E-state index in [0.29, 0.717) is 24.2 Å². The van der Waals surface area contributed by atoms with Gasteiger partial charge in [0, 0.05) is 62.9 Å². The Kier molecular flexibility index (Phi) is 3.42. The number of anilines is 1. The van der Waals surface area contributed by atoms with Gasteiger partial charge in [-0.2, -0.15) is 5.10 Å². The molecule has 2 bridgehead atoms. The molecule has 0 spiro atoms. The van der Waals surface area contributed by atoms with Crippen molar-refractivity contribution in [1.29, 1.82) is 0 Å². The van der Waals surface area contributed by atoms with Crippen LogP contribution in [-0.2, 0) is 13.6 Å². The number of fused-ring (bicyclic) bond motifs is 3. The first-order valence-corrected chi connectivity index (χ1v) is 8.55. The van der Waals surface area contributed by atoms with E-state index in [0.717, 1.165) is 31.0 Å². The molecular formula is C16H18F2N8. The lowest BCUT2D eigenvalue weighted by atomic mass is 10.2. The summed E-state index contributed by atoms with van der Waals surface area (Å²) in [6.07, 6.45) is 5.39. The lowest BCUT2D eigenvalue weighted by Gasteiger charge is -2.34. The third-order valence-corrected chi connectivity index (χ3v) is 5.34. The molecule has 2 aliphatic rings. The molecule has 2 aliphatic heterocycles. The van der Waals surface area contributed by atoms with Crippen LogP contribution >= 0.6 is 0 Å². The van der Waals surface area contributed by atoms with Gasteiger partial charge in [-0.3, -0.25) is 14.0 Å². The average Bonchev–Trinajstić information content (AvgIpc) is 3.36. The van der Waals surface area contributed by atoms with Crippen LogP contribution in [0.2, 0.25) is 0 Å². The van der Waals surface area contributed by atoms with Gasteiger partial charge in [0.1, 0.15) is 12.0 Å². The molecule has 3 aromatic rings. The molecule has 0 aromatic carbocycles. The van der Waals surface area contributed by atoms with Crippen molar-refractivity contribution in [3.05, 3.63) is 36.2 Å². The number of alkyl halides is 2. The summed E-state index contributed by atoms with van der Waals surface area (Å²) < 4.78 is 29.7. The van der Waals surface area contributed by atoms with Crippen LogP contribution in [0.25, 0.3) is 5.65 Å². The van der Waals surface area contributed by atoms with Crippen LogP contribution in [0.5, 0.6) is 0 Å². The van der Waals surface area contributed by atoms with Crippen LogP contribution in [0, 0.1) is 0 Å². The second-order valence-corrected chi connectivity index (χ2v) is 6.95. The number of nitrogens with zero attached hydrogens (tertiary/aromatic N) is 8. The third kappa shape index (κ3) is 2.36. The fourth-order valence-electron chi connectivity index (χ4n) is 4.23. The van der Waals surface area contributed by atoms with Gasteiger partial charge in [-0.15, -0.1) is 10.2 Å². The van der Waals surface area contributed by atoms with E-state index in [9.17, 15) is 8.78 Å². The minimum Gasteiger partial charge on any atom is -0.348 e. The van der Waals surface area contributed by atoms with Crippen LogP contribution in [0.15, 0.2) is 24.9 Å². The van der Waals surface area contributed by atoms with Gasteiger partial charge in [0.15, 0.2) is 5.82 Å². The van der Waals surface area contributed by atoms with E-state index >= 15 is 0 Å². The Labute approximate surface area is 148 Å². The van der Waals surface area contributed by atoms with Gasteiger partial charge in [0.05, 0.1) is 0 Å². The van der Waals surface area contributed by atoms with Crippen LogP contribution in [0.3, 0.4) is 0 Å². The molecule has 0 amide bonds. The Balaban J connectivity index is 1.36. The first-order valence-electron chi connectivity index (χ1n) is 8.55. The Morgan fingerprint density at radius 3 is 2.92 bits per heavy atom. The molecule has 2 unspecified atom stereocenters. The number of hydrogen-bond acceptors (Lipinski definition) is 6. The van der Waals surface area contributed by atoms with Gasteiger partial charge in [-0.05, 0) is 6.42 Å². The summed E-state index contributed by atoms with van der Waals surface area (Å²) in [5.41, 5.74) is 1.25. The first-order chi connectivity index (χ1) is 12.6. The molecule has 2 fully saturated rings. The molecule has 2 saturated heterocycles. The zero-order valence-electron chi connectivity index (χ0n) is 14.2. The molecule has 26 heavy (non-hydrogen) atoms. The molecule has 8 nitrogen and oxygen atoms in total. The quantitative estimate of drug-likeness (QED) is 0.698. The maximum absolute atomic E-state index is 13.2. The van der Waals surface area contributed by atoms with Crippen molar-refractivity contribution in [1.82, 2.24) is 34.3 Å². The van der Waals surface area contributed by atoms with Gasteiger partial charge < -0.3 is 4.90 Å². The standard InChI is InChI=1S/C16H18F2N8/c1-23-5-10(13(22-23)14(17)18)6-25-7-12-4-11(25)8-26(12)15-16-21-20-9-24(16)3-2-19-15/h2-3,5,9,11-12,14H,4,6-8H2,1H3. The molecule has 0 N–H and O–H groups in total. The highest BCUT2D eigenvalue weighted by molar-refractivity contribution is 5.64. The van der Waals surface area contributed by atoms with E-state index < -0.39 is 6.43 Å². The maximum atomic E-state index is 13.2. The molecule has 5 heterocycles. The zero-order chi connectivity index (χ0) is 17.8. The lowest BCUT2D eigenvalue weighted by molar-refractivity contribution is 0.141. The number of hydrogen-bond donors (Lipinski definition) is 0. The van der Waals surface area contributed by atoms with Crippen molar-refractivity contribution in [3.8, 4) is 0 Å². The van der Waals surface area contributed by atoms with Crippen molar-refractivity contribution in [2.75, 3.05) is 18.0 Å². The predicted molar refractivity (Wildman–Crippen MR) is 88.9 cm³/mol. The van der Waals surface area contributed by atoms with E-state index in [1.54, 1.807) is 25.8 Å². The topological polar surface area (TPSA) is 67.4 Å². The predicted octanol–water partition coefficient (Wildman–Crippen LogP) is 1.26. The minimum atomic E-state index is -2.54. The SMILES string of the molecule is Cn1cc(CN2CC3CC2CN3c2nccn3cnnc23)c(C(F)F)n1. The number of rotatable bonds is 4. The highest BCUT2D eigenvalue weighted by Gasteiger charge is 2.44. The zero-order valence-corrected chi connectivity index (χ0v) is 14.2. The fourth-order valence-corrected chi connectivity index (χ4v) is 4.23. The van der Waals surface area contributed by atoms with Crippen molar-refractivity contribution >= 4 is 11.5 Å². The molecule has 0 aliphatic carbocycles. The van der Waals surface area contributed by atoms with Gasteiger partial charge in [-0.25, -0.2) is 13.8 Å². The molecule has 3 aromatic heterocycles. The maximum Gasteiger partial charge on any atom is 0.282 e. The van der Waals surface area contributed by atoms with E-state index in [1.807, 2.05) is 10.6 Å². The molecular weight excluding hydrogens is 342 g/mol. The number of piperazine rings is 1. The van der Waals surface area contributed by atoms with Gasteiger partial charge in [0.25, 0.3) is 6.43 Å². The van der Waals surface area contributed by atoms with Crippen molar-refractivity contribution in [2.24, 2.45) is 7.05 Å². The fraction of sp³-hybridized carbons (Fsp3) is 0.500. The highest BCUT2D eigenvalue weighted by Crippen LogP contribution is 2.36. The van der Waals surface area contributed by atoms with E-state index in [-0.39, 0.29) is 5.69 Å². The lowest BCUT2D eigenvalue weighted by Crippen LogP contribution is -2.46. The van der Waals surface area contributed by atoms with Crippen molar-refractivity contribution in [3.63, 3.8) is 0 Å².